The van der Waals surface area contributed by atoms with Crippen LogP contribution in [0.1, 0.15) is 23.2 Å². The fourth-order valence-electron chi connectivity index (χ4n) is 7.64. The molecule has 0 aliphatic carbocycles. The largest absolute Gasteiger partial charge is 0.463 e. The van der Waals surface area contributed by atoms with Crippen LogP contribution < -0.4 is 20.7 Å². The lowest BCUT2D eigenvalue weighted by Gasteiger charge is -2.37. The van der Waals surface area contributed by atoms with Crippen LogP contribution in [0.25, 0.3) is 22.3 Å². The van der Waals surface area contributed by atoms with Gasteiger partial charge in [0.15, 0.2) is 0 Å². The average molecular weight is 824 g/mol. The van der Waals surface area contributed by atoms with Crippen molar-refractivity contribution < 1.29 is 33.8 Å². The lowest BCUT2D eigenvalue weighted by Crippen LogP contribution is -2.52. The number of hydrogen-bond donors (Lipinski definition) is 3. The molecule has 0 radical (unpaired) electrons. The van der Waals surface area contributed by atoms with Gasteiger partial charge in [0, 0.05) is 68.7 Å². The zero-order valence-electron chi connectivity index (χ0n) is 34.0. The zero-order chi connectivity index (χ0) is 42.7. The first-order chi connectivity index (χ1) is 29.6. The second-order valence-electron chi connectivity index (χ2n) is 15.0. The lowest BCUT2D eigenvalue weighted by molar-refractivity contribution is -0.125. The summed E-state index contributed by atoms with van der Waals surface area (Å²) < 4.78 is 6.19. The number of para-hydroxylation sites is 2. The SMILES string of the molecule is CN(CCN1CCC(OC(=O)N(c2ccccc2-c2ccccc2)N(C(=O)O)c2ccccc2-c2ccccc2)CC1)C(=O)c1cccc(NC(=O)CN2CCNC(=O)C2)c1. The molecule has 314 valence electrons. The van der Waals surface area contributed by atoms with Crippen molar-refractivity contribution in [1.82, 2.24) is 20.0 Å². The summed E-state index contributed by atoms with van der Waals surface area (Å²) in [6.07, 6.45) is -1.66. The van der Waals surface area contributed by atoms with Crippen LogP contribution in [0.3, 0.4) is 0 Å². The Bertz CT molecular complexity index is 2340. The smallest absolute Gasteiger partial charge is 0.434 e. The standard InChI is InChI=1S/C47H49N7O7/c1-50(45(57)36-17-12-18-37(31-36)49-44(56)33-52-28-25-48-43(55)32-52)29-30-51-26-23-38(24-27-51)61-47(60)54(42-22-11-9-20-40(42)35-15-6-3-7-16-35)53(46(58)59)41-21-10-8-19-39(41)34-13-4-2-5-14-34/h2-22,31,38H,23-30,32-33H2,1H3,(H,48,55)(H,49,56)(H,58,59). The summed E-state index contributed by atoms with van der Waals surface area (Å²) in [6, 6.07) is 39.9. The van der Waals surface area contributed by atoms with Crippen LogP contribution in [0.4, 0.5) is 26.7 Å². The molecule has 2 heterocycles. The highest BCUT2D eigenvalue weighted by atomic mass is 16.6. The number of piperidine rings is 1. The van der Waals surface area contributed by atoms with Gasteiger partial charge in [0.25, 0.3) is 5.91 Å². The number of likely N-dealkylation sites (N-methyl/N-ethyl adjacent to an activating group) is 1. The number of hydrazine groups is 1. The molecule has 0 atom stereocenters. The van der Waals surface area contributed by atoms with Crippen LogP contribution in [-0.2, 0) is 14.3 Å². The molecular formula is C47H49N7O7. The van der Waals surface area contributed by atoms with E-state index in [4.69, 9.17) is 4.74 Å². The molecule has 61 heavy (non-hydrogen) atoms. The summed E-state index contributed by atoms with van der Waals surface area (Å²) in [6.45, 7) is 3.55. The van der Waals surface area contributed by atoms with Gasteiger partial charge in [0.2, 0.25) is 11.8 Å². The first kappa shape index (κ1) is 42.1. The third-order valence-corrected chi connectivity index (χ3v) is 10.8. The number of piperazine rings is 1. The maximum absolute atomic E-state index is 14.6. The average Bonchev–Trinajstić information content (AvgIpc) is 3.28. The fraction of sp³-hybridized carbons (Fsp3) is 0.255. The van der Waals surface area contributed by atoms with Crippen LogP contribution in [-0.4, -0.2) is 115 Å². The molecule has 0 unspecified atom stereocenters. The maximum atomic E-state index is 14.6. The molecule has 7 rings (SSSR count). The minimum Gasteiger partial charge on any atom is -0.463 e. The highest BCUT2D eigenvalue weighted by Gasteiger charge is 2.36. The van der Waals surface area contributed by atoms with Crippen LogP contribution >= 0.6 is 0 Å². The quantitative estimate of drug-likeness (QED) is 0.117. The number of nitrogens with one attached hydrogen (secondary N) is 2. The third-order valence-electron chi connectivity index (χ3n) is 10.8. The molecule has 2 fully saturated rings. The molecule has 14 heteroatoms. The monoisotopic (exact) mass is 823 g/mol. The normalized spacial score (nSPS) is 14.7. The molecule has 5 aromatic carbocycles. The second-order valence-corrected chi connectivity index (χ2v) is 15.0. The van der Waals surface area contributed by atoms with E-state index in [1.165, 1.54) is 0 Å². The molecule has 5 amide bonds. The van der Waals surface area contributed by atoms with Gasteiger partial charge in [-0.15, -0.1) is 0 Å². The minimum atomic E-state index is -1.36. The van der Waals surface area contributed by atoms with Crippen molar-refractivity contribution >= 4 is 47.0 Å². The van der Waals surface area contributed by atoms with Gasteiger partial charge < -0.3 is 30.3 Å². The van der Waals surface area contributed by atoms with Gasteiger partial charge in [-0.1, -0.05) is 103 Å². The Kier molecular flexibility index (Phi) is 13.7. The summed E-state index contributed by atoms with van der Waals surface area (Å²) in [5.41, 5.74) is 4.42. The Hall–Kier alpha value is -7.03. The number of nitrogens with zero attached hydrogens (tertiary/aromatic N) is 5. The number of likely N-dealkylation sites (tertiary alicyclic amines) is 1. The summed E-state index contributed by atoms with van der Waals surface area (Å²) in [5.74, 6) is -0.573. The van der Waals surface area contributed by atoms with E-state index in [1.807, 2.05) is 84.9 Å². The van der Waals surface area contributed by atoms with E-state index in [-0.39, 0.29) is 36.5 Å². The molecule has 2 saturated heterocycles. The molecule has 0 spiro atoms. The van der Waals surface area contributed by atoms with Crippen molar-refractivity contribution in [3.63, 3.8) is 0 Å². The van der Waals surface area contributed by atoms with E-state index in [0.29, 0.717) is 80.2 Å². The Balaban J connectivity index is 1.01. The van der Waals surface area contributed by atoms with E-state index in [0.717, 1.165) is 21.1 Å². The summed E-state index contributed by atoms with van der Waals surface area (Å²) in [5, 5.41) is 18.6. The zero-order valence-corrected chi connectivity index (χ0v) is 34.0. The Labute approximate surface area is 354 Å². The topological polar surface area (TPSA) is 155 Å². The number of anilines is 3. The highest BCUT2D eigenvalue weighted by molar-refractivity contribution is 6.06. The van der Waals surface area contributed by atoms with Crippen LogP contribution in [0.5, 0.6) is 0 Å². The molecule has 14 nitrogen and oxygen atoms in total. The van der Waals surface area contributed by atoms with Crippen molar-refractivity contribution in [2.75, 3.05) is 74.7 Å². The van der Waals surface area contributed by atoms with E-state index < -0.39 is 18.3 Å². The van der Waals surface area contributed by atoms with Gasteiger partial charge in [-0.25, -0.2) is 9.59 Å². The number of ether oxygens (including phenoxy) is 1. The molecule has 3 N–H and O–H groups in total. The maximum Gasteiger partial charge on any atom is 0.434 e. The summed E-state index contributed by atoms with van der Waals surface area (Å²) >= 11 is 0. The van der Waals surface area contributed by atoms with Gasteiger partial charge in [-0.05, 0) is 54.3 Å². The van der Waals surface area contributed by atoms with Crippen molar-refractivity contribution in [2.45, 2.75) is 18.9 Å². The Morgan fingerprint density at radius 1 is 0.738 bits per heavy atom. The summed E-state index contributed by atoms with van der Waals surface area (Å²) in [7, 11) is 1.73. The van der Waals surface area contributed by atoms with Crippen molar-refractivity contribution in [3.8, 4) is 22.3 Å². The van der Waals surface area contributed by atoms with Gasteiger partial charge in [-0.3, -0.25) is 19.3 Å². The predicted molar refractivity (Wildman–Crippen MR) is 234 cm³/mol. The molecular weight excluding hydrogens is 775 g/mol. The molecule has 2 aliphatic heterocycles. The second kappa shape index (κ2) is 19.8. The van der Waals surface area contributed by atoms with E-state index >= 15 is 0 Å². The van der Waals surface area contributed by atoms with Gasteiger partial charge in [0.1, 0.15) is 6.10 Å². The molecule has 2 aliphatic rings. The van der Waals surface area contributed by atoms with Crippen LogP contribution in [0.2, 0.25) is 0 Å². The summed E-state index contributed by atoms with van der Waals surface area (Å²) in [4.78, 5) is 71.3. The third kappa shape index (κ3) is 10.6. The fourth-order valence-corrected chi connectivity index (χ4v) is 7.64. The minimum absolute atomic E-state index is 0.0753. The highest BCUT2D eigenvalue weighted by Crippen LogP contribution is 2.38. The number of hydrogen-bond acceptors (Lipinski definition) is 8. The van der Waals surface area contributed by atoms with Crippen molar-refractivity contribution in [2.24, 2.45) is 0 Å². The predicted octanol–water partition coefficient (Wildman–Crippen LogP) is 6.67. The molecule has 0 saturated carbocycles. The molecule has 5 aromatic rings. The van der Waals surface area contributed by atoms with E-state index in [1.54, 1.807) is 65.4 Å². The number of amides is 5. The number of carbonyl (C=O) groups excluding carboxylic acids is 4. The Morgan fingerprint density at radius 3 is 1.93 bits per heavy atom. The Morgan fingerprint density at radius 2 is 1.33 bits per heavy atom. The number of carbonyl (C=O) groups is 5. The van der Waals surface area contributed by atoms with Crippen LogP contribution in [0.15, 0.2) is 133 Å². The first-order valence-corrected chi connectivity index (χ1v) is 20.3. The van der Waals surface area contributed by atoms with E-state index in [2.05, 4.69) is 15.5 Å². The first-order valence-electron chi connectivity index (χ1n) is 20.3. The van der Waals surface area contributed by atoms with Crippen molar-refractivity contribution in [3.05, 3.63) is 139 Å². The lowest BCUT2D eigenvalue weighted by atomic mass is 10.0. The number of carboxylic acid groups (broad SMARTS) is 1. The van der Waals surface area contributed by atoms with Gasteiger partial charge in [0.05, 0.1) is 24.5 Å². The van der Waals surface area contributed by atoms with Crippen LogP contribution in [0, 0.1) is 0 Å². The number of benzene rings is 5. The van der Waals surface area contributed by atoms with Crippen molar-refractivity contribution in [1.29, 1.82) is 0 Å². The van der Waals surface area contributed by atoms with E-state index in [9.17, 15) is 29.1 Å². The number of rotatable bonds is 12. The van der Waals surface area contributed by atoms with Gasteiger partial charge in [-0.2, -0.15) is 10.0 Å². The molecule has 0 aromatic heterocycles. The molecule has 0 bridgehead atoms. The van der Waals surface area contributed by atoms with Gasteiger partial charge >= 0.3 is 12.2 Å².